The van der Waals surface area contributed by atoms with Crippen molar-refractivity contribution in [1.29, 1.82) is 0 Å². The van der Waals surface area contributed by atoms with Crippen LogP contribution in [-0.4, -0.2) is 25.2 Å². The molecule has 2 rings (SSSR count). The third-order valence-corrected chi connectivity index (χ3v) is 7.01. The third kappa shape index (κ3) is 3.27. The van der Waals surface area contributed by atoms with Crippen molar-refractivity contribution in [1.82, 2.24) is 4.98 Å². The Hall–Kier alpha value is -0.233. The van der Waals surface area contributed by atoms with Crippen LogP contribution in [-0.2, 0) is 10.0 Å². The van der Waals surface area contributed by atoms with Crippen LogP contribution in [0.2, 0.25) is 11.6 Å². The summed E-state index contributed by atoms with van der Waals surface area (Å²) in [6.07, 6.45) is 2.84. The van der Waals surface area contributed by atoms with E-state index in [1.165, 1.54) is 0 Å². The zero-order valence-corrected chi connectivity index (χ0v) is 14.5. The van der Waals surface area contributed by atoms with E-state index in [1.807, 2.05) is 12.1 Å². The summed E-state index contributed by atoms with van der Waals surface area (Å²) in [4.78, 5) is 4.48. The maximum atomic E-state index is 9.71. The number of hydrogen-bond donors (Lipinski definition) is 1. The van der Waals surface area contributed by atoms with Crippen molar-refractivity contribution in [3.05, 3.63) is 28.5 Å². The number of hydrogen-bond acceptors (Lipinski definition) is 3. The van der Waals surface area contributed by atoms with Gasteiger partial charge < -0.3 is 9.53 Å². The highest BCUT2D eigenvalue weighted by molar-refractivity contribution is 9.10. The van der Waals surface area contributed by atoms with Gasteiger partial charge in [0.15, 0.2) is 0 Å². The molecule has 1 aromatic heterocycles. The molecule has 1 aliphatic carbocycles. The molecule has 1 fully saturated rings. The Kier molecular flexibility index (Phi) is 4.21. The standard InChI is InChI=1S/C14H21BrNO2Si/c1-13(2,3)19(4)18-14(7-11(17)8-14)12-6-5-10(15)9-16-12/h5-6,9,11,17H,7-8H2,1-4H3. The van der Waals surface area contributed by atoms with E-state index in [-0.39, 0.29) is 16.7 Å². The van der Waals surface area contributed by atoms with Crippen molar-refractivity contribution in [3.63, 3.8) is 0 Å². The number of pyridine rings is 1. The van der Waals surface area contributed by atoms with Crippen LogP contribution in [0.1, 0.15) is 39.3 Å². The molecule has 0 atom stereocenters. The molecule has 1 N–H and O–H groups in total. The Balaban J connectivity index is 2.22. The van der Waals surface area contributed by atoms with Gasteiger partial charge in [0.2, 0.25) is 9.04 Å². The predicted octanol–water partition coefficient (Wildman–Crippen LogP) is 3.63. The minimum Gasteiger partial charge on any atom is -0.405 e. The van der Waals surface area contributed by atoms with Crippen LogP contribution in [0.3, 0.4) is 0 Å². The molecule has 0 unspecified atom stereocenters. The largest absolute Gasteiger partial charge is 0.405 e. The summed E-state index contributed by atoms with van der Waals surface area (Å²) in [6, 6.07) is 3.98. The number of aromatic nitrogens is 1. The first-order chi connectivity index (χ1) is 8.73. The predicted molar refractivity (Wildman–Crippen MR) is 81.3 cm³/mol. The molecule has 3 nitrogen and oxygen atoms in total. The molecular formula is C14H21BrNO2Si. The van der Waals surface area contributed by atoms with E-state index in [0.717, 1.165) is 10.2 Å². The molecule has 1 radical (unpaired) electrons. The second-order valence-electron chi connectivity index (χ2n) is 6.33. The van der Waals surface area contributed by atoms with Crippen LogP contribution in [0.5, 0.6) is 0 Å². The summed E-state index contributed by atoms with van der Waals surface area (Å²) < 4.78 is 7.36. The fourth-order valence-electron chi connectivity index (χ4n) is 2.14. The van der Waals surface area contributed by atoms with E-state index in [0.29, 0.717) is 12.8 Å². The molecule has 0 bridgehead atoms. The van der Waals surface area contributed by atoms with Crippen LogP contribution in [0.15, 0.2) is 22.8 Å². The van der Waals surface area contributed by atoms with Gasteiger partial charge in [0, 0.05) is 23.5 Å². The highest BCUT2D eigenvalue weighted by Gasteiger charge is 2.49. The molecule has 0 aromatic carbocycles. The van der Waals surface area contributed by atoms with Crippen molar-refractivity contribution in [3.8, 4) is 0 Å². The quantitative estimate of drug-likeness (QED) is 0.852. The monoisotopic (exact) mass is 342 g/mol. The molecule has 0 saturated heterocycles. The second-order valence-corrected chi connectivity index (χ2v) is 10.1. The van der Waals surface area contributed by atoms with Crippen molar-refractivity contribution in [2.45, 2.75) is 56.9 Å². The van der Waals surface area contributed by atoms with Gasteiger partial charge in [0.05, 0.1) is 11.8 Å². The van der Waals surface area contributed by atoms with Gasteiger partial charge in [-0.3, -0.25) is 4.98 Å². The topological polar surface area (TPSA) is 42.4 Å². The molecular weight excluding hydrogens is 322 g/mol. The molecule has 1 aliphatic rings. The number of rotatable bonds is 3. The van der Waals surface area contributed by atoms with E-state index < -0.39 is 9.04 Å². The summed E-state index contributed by atoms with van der Waals surface area (Å²) in [5.41, 5.74) is 0.561. The van der Waals surface area contributed by atoms with Crippen molar-refractivity contribution < 1.29 is 9.53 Å². The lowest BCUT2D eigenvalue weighted by Gasteiger charge is -2.48. The molecule has 0 amide bonds. The molecule has 0 spiro atoms. The summed E-state index contributed by atoms with van der Waals surface area (Å²) >= 11 is 3.40. The van der Waals surface area contributed by atoms with Gasteiger partial charge in [-0.1, -0.05) is 20.8 Å². The number of aliphatic hydroxyl groups excluding tert-OH is 1. The van der Waals surface area contributed by atoms with E-state index in [1.54, 1.807) is 6.20 Å². The van der Waals surface area contributed by atoms with E-state index in [9.17, 15) is 5.11 Å². The summed E-state index contributed by atoms with van der Waals surface area (Å²) in [6.45, 7) is 8.81. The summed E-state index contributed by atoms with van der Waals surface area (Å²) in [5, 5.41) is 9.88. The summed E-state index contributed by atoms with van der Waals surface area (Å²) in [5.74, 6) is 0. The van der Waals surface area contributed by atoms with Gasteiger partial charge in [0.25, 0.3) is 0 Å². The first-order valence-corrected chi connectivity index (χ1v) is 9.26. The van der Waals surface area contributed by atoms with Crippen LogP contribution in [0.4, 0.5) is 0 Å². The first-order valence-electron chi connectivity index (χ1n) is 6.56. The molecule has 5 heteroatoms. The lowest BCUT2D eigenvalue weighted by Crippen LogP contribution is -2.51. The third-order valence-electron chi connectivity index (χ3n) is 3.73. The minimum atomic E-state index is -0.966. The fourth-order valence-corrected chi connectivity index (χ4v) is 3.54. The second kappa shape index (κ2) is 5.28. The van der Waals surface area contributed by atoms with E-state index in [4.69, 9.17) is 4.43 Å². The molecule has 19 heavy (non-hydrogen) atoms. The van der Waals surface area contributed by atoms with Gasteiger partial charge >= 0.3 is 0 Å². The number of halogens is 1. The average Bonchev–Trinajstić information content (AvgIpc) is 2.26. The van der Waals surface area contributed by atoms with Gasteiger partial charge in [-0.25, -0.2) is 0 Å². The van der Waals surface area contributed by atoms with Crippen LogP contribution >= 0.6 is 15.9 Å². The Morgan fingerprint density at radius 2 is 2.05 bits per heavy atom. The Labute approximate surface area is 125 Å². The average molecular weight is 343 g/mol. The summed E-state index contributed by atoms with van der Waals surface area (Å²) in [7, 11) is -0.966. The van der Waals surface area contributed by atoms with Crippen LogP contribution in [0, 0.1) is 0 Å². The van der Waals surface area contributed by atoms with Crippen LogP contribution < -0.4 is 0 Å². The molecule has 0 aliphatic heterocycles. The zero-order valence-electron chi connectivity index (χ0n) is 11.9. The molecule has 105 valence electrons. The maximum absolute atomic E-state index is 9.71. The zero-order chi connectivity index (χ0) is 14.3. The van der Waals surface area contributed by atoms with Gasteiger partial charge in [-0.2, -0.15) is 0 Å². The van der Waals surface area contributed by atoms with Gasteiger partial charge in [-0.15, -0.1) is 0 Å². The first kappa shape index (κ1) is 15.2. The smallest absolute Gasteiger partial charge is 0.215 e. The highest BCUT2D eigenvalue weighted by atomic mass is 79.9. The van der Waals surface area contributed by atoms with Gasteiger partial charge in [-0.05, 0) is 39.6 Å². The Bertz CT molecular complexity index is 438. The Morgan fingerprint density at radius 1 is 1.42 bits per heavy atom. The molecule has 1 heterocycles. The van der Waals surface area contributed by atoms with Gasteiger partial charge in [0.1, 0.15) is 5.60 Å². The van der Waals surface area contributed by atoms with Crippen molar-refractivity contribution in [2.75, 3.05) is 0 Å². The fraction of sp³-hybridized carbons (Fsp3) is 0.643. The molecule has 1 saturated carbocycles. The van der Waals surface area contributed by atoms with Crippen LogP contribution in [0.25, 0.3) is 0 Å². The Morgan fingerprint density at radius 3 is 2.47 bits per heavy atom. The van der Waals surface area contributed by atoms with Crippen molar-refractivity contribution >= 4 is 25.0 Å². The SMILES string of the molecule is C[Si](OC1(c2ccc(Br)cn2)CC(O)C1)C(C)(C)C. The number of aliphatic hydroxyl groups is 1. The number of nitrogens with zero attached hydrogens (tertiary/aromatic N) is 1. The van der Waals surface area contributed by atoms with E-state index in [2.05, 4.69) is 48.2 Å². The molecule has 1 aromatic rings. The maximum Gasteiger partial charge on any atom is 0.215 e. The lowest BCUT2D eigenvalue weighted by molar-refractivity contribution is -0.107. The highest BCUT2D eigenvalue weighted by Crippen LogP contribution is 2.46. The lowest BCUT2D eigenvalue weighted by atomic mass is 9.75. The van der Waals surface area contributed by atoms with E-state index >= 15 is 0 Å². The normalized spacial score (nSPS) is 27.4. The van der Waals surface area contributed by atoms with Crippen molar-refractivity contribution in [2.24, 2.45) is 0 Å². The minimum absolute atomic E-state index is 0.174.